The Labute approximate surface area is 297 Å². The van der Waals surface area contributed by atoms with Crippen LogP contribution in [0.2, 0.25) is 10.0 Å². The molecule has 2 aliphatic heterocycles. The zero-order valence-electron chi connectivity index (χ0n) is 26.6. The van der Waals surface area contributed by atoms with Crippen LogP contribution in [0, 0.1) is 36.4 Å². The van der Waals surface area contributed by atoms with Gasteiger partial charge in [0.05, 0.1) is 34.5 Å². The van der Waals surface area contributed by atoms with Gasteiger partial charge in [0.2, 0.25) is 11.8 Å². The lowest BCUT2D eigenvalue weighted by atomic mass is 9.49. The largest absolute Gasteiger partial charge is 0.508 e. The minimum absolute atomic E-state index is 0.0330. The van der Waals surface area contributed by atoms with Gasteiger partial charge in [-0.2, -0.15) is 5.01 Å². The van der Waals surface area contributed by atoms with Gasteiger partial charge in [0, 0.05) is 16.0 Å². The number of allylic oxidation sites excluding steroid dienone is 2. The maximum absolute atomic E-state index is 15.1. The Bertz CT molecular complexity index is 2140. The molecule has 3 fully saturated rings. The molecule has 0 unspecified atom stereocenters. The summed E-state index contributed by atoms with van der Waals surface area (Å²) in [5.74, 6) is -6.19. The van der Waals surface area contributed by atoms with E-state index in [9.17, 15) is 23.9 Å². The molecule has 8 nitrogen and oxygen atoms in total. The number of hydrazine groups is 1. The molecule has 8 rings (SSSR count). The molecule has 2 heterocycles. The molecule has 50 heavy (non-hydrogen) atoms. The molecule has 2 saturated heterocycles. The number of phenolic OH excluding ortho intramolecular Hbond substituents is 1. The first-order valence-corrected chi connectivity index (χ1v) is 17.1. The molecule has 6 atom stereocenters. The van der Waals surface area contributed by atoms with Crippen LogP contribution >= 0.6 is 23.2 Å². The van der Waals surface area contributed by atoms with Crippen LogP contribution in [-0.4, -0.2) is 33.7 Å². The maximum atomic E-state index is 15.1. The standard InChI is InChI=1S/C39H30Cl2FN3O5/c1-20-5-14-26(18-32(20)41)44-35(47)29-16-15-28-30(33(29)37(44)49)19-31-36(48)45(43-25-12-10-24(42)11-13-25)38(50)39(31,22-6-8-23(40)9-7-22)34(28)21-3-2-4-27(46)17-21/h2-15,17-18,29-31,33-34,43,46H,16,19H2,1H3/t29-,30+,31-,33-,34-,39+/m0/s1. The molecular formula is C39H30Cl2FN3O5. The van der Waals surface area contributed by atoms with Crippen LogP contribution < -0.4 is 10.3 Å². The molecule has 0 bridgehead atoms. The number of hydrogen-bond donors (Lipinski definition) is 2. The Hall–Kier alpha value is -4.99. The van der Waals surface area contributed by atoms with Crippen LogP contribution in [-0.2, 0) is 24.6 Å². The third-order valence-corrected chi connectivity index (χ3v) is 11.5. The number of benzene rings is 4. The van der Waals surface area contributed by atoms with E-state index < -0.39 is 52.6 Å². The van der Waals surface area contributed by atoms with Crippen molar-refractivity contribution in [2.24, 2.45) is 23.7 Å². The molecule has 2 N–H and O–H groups in total. The van der Waals surface area contributed by atoms with Crippen molar-refractivity contribution in [2.75, 3.05) is 10.3 Å². The van der Waals surface area contributed by atoms with Gasteiger partial charge in [0.25, 0.3) is 11.8 Å². The van der Waals surface area contributed by atoms with Crippen LogP contribution in [0.3, 0.4) is 0 Å². The molecule has 0 aromatic heterocycles. The van der Waals surface area contributed by atoms with E-state index >= 15 is 4.79 Å². The Morgan fingerprint density at radius 3 is 2.30 bits per heavy atom. The van der Waals surface area contributed by atoms with E-state index in [0.29, 0.717) is 32.5 Å². The summed E-state index contributed by atoms with van der Waals surface area (Å²) in [7, 11) is 0. The van der Waals surface area contributed by atoms with E-state index in [2.05, 4.69) is 5.43 Å². The SMILES string of the molecule is Cc1ccc(N2C(=O)[C@H]3[C@H](CC=C4[C@H]3C[C@H]3C(=O)N(Nc5ccc(F)cc5)C(=O)[C@@]3(c3ccc(Cl)cc3)[C@H]4c3cccc(O)c3)C2=O)cc1Cl. The van der Waals surface area contributed by atoms with Gasteiger partial charge in [-0.25, -0.2) is 9.29 Å². The summed E-state index contributed by atoms with van der Waals surface area (Å²) in [6.07, 6.45) is 2.28. The number of imide groups is 2. The number of carbonyl (C=O) groups excluding carboxylic acids is 4. The molecule has 11 heteroatoms. The first-order chi connectivity index (χ1) is 24.0. The van der Waals surface area contributed by atoms with Gasteiger partial charge in [-0.15, -0.1) is 0 Å². The number of fused-ring (bicyclic) bond motifs is 4. The van der Waals surface area contributed by atoms with Crippen LogP contribution in [0.25, 0.3) is 0 Å². The molecule has 4 amide bonds. The molecule has 1 saturated carbocycles. The molecule has 0 spiro atoms. The zero-order chi connectivity index (χ0) is 35.1. The number of carbonyl (C=O) groups is 4. The van der Waals surface area contributed by atoms with Crippen molar-refractivity contribution >= 4 is 58.2 Å². The maximum Gasteiger partial charge on any atom is 0.260 e. The fourth-order valence-electron chi connectivity index (χ4n) is 8.71. The van der Waals surface area contributed by atoms with E-state index in [1.165, 1.54) is 35.2 Å². The van der Waals surface area contributed by atoms with Crippen molar-refractivity contribution in [3.63, 3.8) is 0 Å². The Morgan fingerprint density at radius 2 is 1.60 bits per heavy atom. The Morgan fingerprint density at radius 1 is 0.860 bits per heavy atom. The van der Waals surface area contributed by atoms with Gasteiger partial charge < -0.3 is 5.11 Å². The van der Waals surface area contributed by atoms with Crippen LogP contribution in [0.5, 0.6) is 5.75 Å². The summed E-state index contributed by atoms with van der Waals surface area (Å²) in [5.41, 5.74) is 4.76. The Kier molecular flexibility index (Phi) is 7.62. The number of amides is 4. The summed E-state index contributed by atoms with van der Waals surface area (Å²) in [4.78, 5) is 59.4. The van der Waals surface area contributed by atoms with E-state index in [-0.39, 0.29) is 30.4 Å². The van der Waals surface area contributed by atoms with Crippen LogP contribution in [0.1, 0.15) is 35.4 Å². The second-order valence-electron chi connectivity index (χ2n) is 13.4. The van der Waals surface area contributed by atoms with Crippen molar-refractivity contribution in [1.82, 2.24) is 5.01 Å². The van der Waals surface area contributed by atoms with Gasteiger partial charge in [-0.3, -0.25) is 24.6 Å². The molecule has 2 aliphatic carbocycles. The monoisotopic (exact) mass is 709 g/mol. The van der Waals surface area contributed by atoms with Gasteiger partial charge in [-0.05, 0) is 103 Å². The number of phenols is 1. The molecule has 4 aromatic rings. The highest BCUT2D eigenvalue weighted by Crippen LogP contribution is 2.64. The number of hydrogen-bond acceptors (Lipinski definition) is 6. The van der Waals surface area contributed by atoms with Crippen molar-refractivity contribution in [3.8, 4) is 5.75 Å². The number of aryl methyl sites for hydroxylation is 1. The summed E-state index contributed by atoms with van der Waals surface area (Å²) in [6.45, 7) is 1.83. The minimum atomic E-state index is -1.53. The van der Waals surface area contributed by atoms with Gasteiger partial charge in [-0.1, -0.05) is 65.2 Å². The summed E-state index contributed by atoms with van der Waals surface area (Å²) < 4.78 is 13.8. The predicted octanol–water partition coefficient (Wildman–Crippen LogP) is 7.34. The third kappa shape index (κ3) is 4.71. The lowest BCUT2D eigenvalue weighted by molar-refractivity contribution is -0.138. The van der Waals surface area contributed by atoms with Gasteiger partial charge in [0.15, 0.2) is 0 Å². The fourth-order valence-corrected chi connectivity index (χ4v) is 9.01. The van der Waals surface area contributed by atoms with Crippen molar-refractivity contribution in [1.29, 1.82) is 0 Å². The predicted molar refractivity (Wildman–Crippen MR) is 186 cm³/mol. The van der Waals surface area contributed by atoms with Crippen LogP contribution in [0.4, 0.5) is 15.8 Å². The number of nitrogens with zero attached hydrogens (tertiary/aromatic N) is 2. The van der Waals surface area contributed by atoms with Gasteiger partial charge >= 0.3 is 0 Å². The summed E-state index contributed by atoms with van der Waals surface area (Å²) in [5, 5.41) is 12.6. The lowest BCUT2D eigenvalue weighted by Gasteiger charge is -2.50. The first-order valence-electron chi connectivity index (χ1n) is 16.3. The molecule has 252 valence electrons. The summed E-state index contributed by atoms with van der Waals surface area (Å²) >= 11 is 12.7. The number of nitrogens with one attached hydrogen (secondary N) is 1. The topological polar surface area (TPSA) is 107 Å². The second kappa shape index (κ2) is 11.8. The van der Waals surface area contributed by atoms with E-state index in [4.69, 9.17) is 23.2 Å². The number of rotatable bonds is 5. The smallest absolute Gasteiger partial charge is 0.260 e. The van der Waals surface area contributed by atoms with Crippen molar-refractivity contribution < 1.29 is 28.7 Å². The molecule has 0 radical (unpaired) electrons. The van der Waals surface area contributed by atoms with E-state index in [0.717, 1.165) is 16.1 Å². The van der Waals surface area contributed by atoms with Crippen molar-refractivity contribution in [2.45, 2.75) is 31.1 Å². The minimum Gasteiger partial charge on any atom is -0.508 e. The van der Waals surface area contributed by atoms with E-state index in [1.807, 2.05) is 13.0 Å². The molecular weight excluding hydrogens is 680 g/mol. The normalized spacial score (nSPS) is 27.2. The number of anilines is 2. The third-order valence-electron chi connectivity index (χ3n) is 10.9. The highest BCUT2D eigenvalue weighted by molar-refractivity contribution is 6.32. The molecule has 4 aliphatic rings. The van der Waals surface area contributed by atoms with Crippen LogP contribution in [0.15, 0.2) is 103 Å². The number of halogens is 3. The zero-order valence-corrected chi connectivity index (χ0v) is 28.2. The Balaban J connectivity index is 1.31. The molecule has 4 aromatic carbocycles. The average Bonchev–Trinajstić information content (AvgIpc) is 3.48. The second-order valence-corrected chi connectivity index (χ2v) is 14.3. The quantitative estimate of drug-likeness (QED) is 0.166. The lowest BCUT2D eigenvalue weighted by Crippen LogP contribution is -2.53. The van der Waals surface area contributed by atoms with Gasteiger partial charge in [0.1, 0.15) is 11.6 Å². The summed E-state index contributed by atoms with van der Waals surface area (Å²) in [6, 6.07) is 23.7. The average molecular weight is 711 g/mol. The highest BCUT2D eigenvalue weighted by Gasteiger charge is 2.70. The van der Waals surface area contributed by atoms with Crippen molar-refractivity contribution in [3.05, 3.63) is 135 Å². The van der Waals surface area contributed by atoms with E-state index in [1.54, 1.807) is 60.7 Å². The number of aromatic hydroxyl groups is 1. The highest BCUT2D eigenvalue weighted by atomic mass is 35.5. The fraction of sp³-hybridized carbons (Fsp3) is 0.231. The first kappa shape index (κ1) is 32.2.